The molecule has 2 rings (SSSR count). The Hall–Kier alpha value is -1.19. The molecule has 0 aliphatic rings. The van der Waals surface area contributed by atoms with Gasteiger partial charge in [-0.05, 0) is 24.4 Å². The molecule has 0 aliphatic carbocycles. The van der Waals surface area contributed by atoms with Crippen LogP contribution in [0, 0.1) is 0 Å². The van der Waals surface area contributed by atoms with Gasteiger partial charge in [-0.15, -0.1) is 11.3 Å². The molecule has 0 unspecified atom stereocenters. The molecule has 0 saturated carbocycles. The first-order valence-corrected chi connectivity index (χ1v) is 7.76. The van der Waals surface area contributed by atoms with Gasteiger partial charge in [0.2, 0.25) is 0 Å². The summed E-state index contributed by atoms with van der Waals surface area (Å²) in [7, 11) is 0. The van der Waals surface area contributed by atoms with Gasteiger partial charge in [0.25, 0.3) is 0 Å². The first-order chi connectivity index (χ1) is 9.15. The number of nitrogens with zero attached hydrogens (tertiary/aromatic N) is 1. The molecule has 0 aliphatic heterocycles. The van der Waals surface area contributed by atoms with Crippen LogP contribution in [0.25, 0.3) is 11.3 Å². The van der Waals surface area contributed by atoms with Crippen molar-refractivity contribution in [3.05, 3.63) is 39.7 Å². The second kappa shape index (κ2) is 6.31. The van der Waals surface area contributed by atoms with Gasteiger partial charge in [0, 0.05) is 16.9 Å². The highest BCUT2D eigenvalue weighted by Crippen LogP contribution is 2.34. The van der Waals surface area contributed by atoms with Crippen molar-refractivity contribution in [1.82, 2.24) is 4.98 Å². The zero-order valence-electron chi connectivity index (χ0n) is 11.9. The van der Waals surface area contributed by atoms with Gasteiger partial charge in [-0.3, -0.25) is 0 Å². The summed E-state index contributed by atoms with van der Waals surface area (Å²) in [4.78, 5) is 6.15. The number of benzene rings is 1. The lowest BCUT2D eigenvalue weighted by atomic mass is 10.0. The van der Waals surface area contributed by atoms with Crippen molar-refractivity contribution in [2.24, 2.45) is 5.73 Å². The number of hydrogen-bond acceptors (Lipinski definition) is 3. The van der Waals surface area contributed by atoms with E-state index < -0.39 is 0 Å². The molecule has 1 aromatic carbocycles. The summed E-state index contributed by atoms with van der Waals surface area (Å²) < 4.78 is 0. The number of nitrogens with two attached hydrogens (primary N) is 1. The van der Waals surface area contributed by atoms with Gasteiger partial charge in [0.1, 0.15) is 0 Å². The zero-order chi connectivity index (χ0) is 13.8. The summed E-state index contributed by atoms with van der Waals surface area (Å²) in [6, 6.07) is 8.76. The molecule has 2 N–H and O–H groups in total. The van der Waals surface area contributed by atoms with Gasteiger partial charge in [-0.2, -0.15) is 0 Å². The minimum absolute atomic E-state index is 0.505. The third-order valence-corrected chi connectivity index (χ3v) is 4.63. The van der Waals surface area contributed by atoms with Crippen LogP contribution in [0.2, 0.25) is 0 Å². The van der Waals surface area contributed by atoms with Crippen LogP contribution in [0.4, 0.5) is 0 Å². The fourth-order valence-electron chi connectivity index (χ4n) is 2.10. The van der Waals surface area contributed by atoms with Crippen LogP contribution in [-0.2, 0) is 12.8 Å². The fraction of sp³-hybridized carbons (Fsp3) is 0.438. The molecule has 0 fully saturated rings. The third-order valence-electron chi connectivity index (χ3n) is 3.22. The SMILES string of the molecule is CCc1ccc(-c2nc(CCN)sc2C(C)C)cc1. The highest BCUT2D eigenvalue weighted by atomic mass is 32.1. The average molecular weight is 274 g/mol. The molecular weight excluding hydrogens is 252 g/mol. The first-order valence-electron chi connectivity index (χ1n) is 6.94. The highest BCUT2D eigenvalue weighted by Gasteiger charge is 2.15. The van der Waals surface area contributed by atoms with E-state index in [0.29, 0.717) is 12.5 Å². The molecule has 0 amide bonds. The van der Waals surface area contributed by atoms with Crippen LogP contribution in [0.5, 0.6) is 0 Å². The van der Waals surface area contributed by atoms with E-state index >= 15 is 0 Å². The van der Waals surface area contributed by atoms with E-state index in [1.807, 2.05) is 0 Å². The van der Waals surface area contributed by atoms with Crippen LogP contribution in [0.15, 0.2) is 24.3 Å². The van der Waals surface area contributed by atoms with E-state index in [9.17, 15) is 0 Å². The predicted octanol–water partition coefficient (Wildman–Crippen LogP) is 4.00. The molecule has 19 heavy (non-hydrogen) atoms. The van der Waals surface area contributed by atoms with E-state index in [0.717, 1.165) is 23.5 Å². The largest absolute Gasteiger partial charge is 0.330 e. The Morgan fingerprint density at radius 1 is 1.21 bits per heavy atom. The lowest BCUT2D eigenvalue weighted by molar-refractivity contribution is 0.887. The van der Waals surface area contributed by atoms with E-state index in [1.54, 1.807) is 11.3 Å². The normalized spacial score (nSPS) is 11.2. The van der Waals surface area contributed by atoms with Crippen molar-refractivity contribution >= 4 is 11.3 Å². The molecule has 2 nitrogen and oxygen atoms in total. The smallest absolute Gasteiger partial charge is 0.0948 e. The summed E-state index contributed by atoms with van der Waals surface area (Å²) in [6.07, 6.45) is 1.95. The summed E-state index contributed by atoms with van der Waals surface area (Å²) in [5, 5.41) is 1.15. The second-order valence-corrected chi connectivity index (χ2v) is 6.18. The topological polar surface area (TPSA) is 38.9 Å². The van der Waals surface area contributed by atoms with Gasteiger partial charge >= 0.3 is 0 Å². The van der Waals surface area contributed by atoms with Crippen LogP contribution >= 0.6 is 11.3 Å². The lowest BCUT2D eigenvalue weighted by Gasteiger charge is -2.06. The number of aryl methyl sites for hydroxylation is 1. The molecule has 1 aromatic heterocycles. The van der Waals surface area contributed by atoms with Crippen molar-refractivity contribution in [2.45, 2.75) is 39.5 Å². The molecule has 0 radical (unpaired) electrons. The number of rotatable bonds is 5. The van der Waals surface area contributed by atoms with Crippen molar-refractivity contribution in [1.29, 1.82) is 0 Å². The molecule has 0 saturated heterocycles. The Kier molecular flexibility index (Phi) is 4.72. The lowest BCUT2D eigenvalue weighted by Crippen LogP contribution is -2.01. The number of thiazole rings is 1. The molecule has 3 heteroatoms. The van der Waals surface area contributed by atoms with Crippen molar-refractivity contribution in [3.8, 4) is 11.3 Å². The number of hydrogen-bond donors (Lipinski definition) is 1. The molecule has 0 atom stereocenters. The van der Waals surface area contributed by atoms with E-state index in [-0.39, 0.29) is 0 Å². The average Bonchev–Trinajstić information content (AvgIpc) is 2.83. The van der Waals surface area contributed by atoms with Crippen LogP contribution in [-0.4, -0.2) is 11.5 Å². The standard InChI is InChI=1S/C16H22N2S/c1-4-12-5-7-13(8-6-12)15-16(11(2)3)19-14(18-15)9-10-17/h5-8,11H,4,9-10,17H2,1-3H3. The highest BCUT2D eigenvalue weighted by molar-refractivity contribution is 7.12. The van der Waals surface area contributed by atoms with Crippen molar-refractivity contribution < 1.29 is 0 Å². The monoisotopic (exact) mass is 274 g/mol. The maximum atomic E-state index is 5.64. The fourth-order valence-corrected chi connectivity index (χ4v) is 3.21. The molecule has 0 bridgehead atoms. The van der Waals surface area contributed by atoms with Crippen LogP contribution < -0.4 is 5.73 Å². The van der Waals surface area contributed by atoms with Gasteiger partial charge in [-0.1, -0.05) is 45.0 Å². The molecule has 0 spiro atoms. The quantitative estimate of drug-likeness (QED) is 0.895. The van der Waals surface area contributed by atoms with Crippen LogP contribution in [0.3, 0.4) is 0 Å². The summed E-state index contributed by atoms with van der Waals surface area (Å²) in [6.45, 7) is 7.29. The molecule has 2 aromatic rings. The van der Waals surface area contributed by atoms with E-state index in [2.05, 4.69) is 45.0 Å². The second-order valence-electron chi connectivity index (χ2n) is 5.06. The summed E-state index contributed by atoms with van der Waals surface area (Å²) >= 11 is 1.81. The van der Waals surface area contributed by atoms with E-state index in [1.165, 1.54) is 16.0 Å². The zero-order valence-corrected chi connectivity index (χ0v) is 12.8. The molecular formula is C16H22N2S. The van der Waals surface area contributed by atoms with Gasteiger partial charge in [0.15, 0.2) is 0 Å². The predicted molar refractivity (Wildman–Crippen MR) is 83.8 cm³/mol. The van der Waals surface area contributed by atoms with Gasteiger partial charge in [-0.25, -0.2) is 4.98 Å². The Labute approximate surface area is 119 Å². The third kappa shape index (κ3) is 3.23. The number of aromatic nitrogens is 1. The minimum Gasteiger partial charge on any atom is -0.330 e. The molecule has 102 valence electrons. The molecule has 1 heterocycles. The summed E-state index contributed by atoms with van der Waals surface area (Å²) in [5.41, 5.74) is 9.37. The maximum Gasteiger partial charge on any atom is 0.0948 e. The van der Waals surface area contributed by atoms with Crippen molar-refractivity contribution in [3.63, 3.8) is 0 Å². The first kappa shape index (κ1) is 14.2. The summed E-state index contributed by atoms with van der Waals surface area (Å²) in [5.74, 6) is 0.505. The Balaban J connectivity index is 2.40. The Morgan fingerprint density at radius 2 is 1.89 bits per heavy atom. The Bertz CT molecular complexity index is 526. The van der Waals surface area contributed by atoms with Crippen molar-refractivity contribution in [2.75, 3.05) is 6.54 Å². The Morgan fingerprint density at radius 3 is 2.42 bits per heavy atom. The maximum absolute atomic E-state index is 5.64. The van der Waals surface area contributed by atoms with E-state index in [4.69, 9.17) is 10.7 Å². The van der Waals surface area contributed by atoms with Gasteiger partial charge < -0.3 is 5.73 Å². The van der Waals surface area contributed by atoms with Gasteiger partial charge in [0.05, 0.1) is 10.7 Å². The van der Waals surface area contributed by atoms with Crippen LogP contribution in [0.1, 0.15) is 42.1 Å². The minimum atomic E-state index is 0.505.